The fourth-order valence-electron chi connectivity index (χ4n) is 3.51. The minimum Gasteiger partial charge on any atom is -0.368 e. The summed E-state index contributed by atoms with van der Waals surface area (Å²) in [6, 6.07) is 16.9. The molecule has 1 aliphatic heterocycles. The van der Waals surface area contributed by atoms with E-state index in [1.165, 1.54) is 5.56 Å². The fraction of sp³-hybridized carbons (Fsp3) is 0.318. The van der Waals surface area contributed by atoms with Crippen LogP contribution in [0.15, 0.2) is 54.6 Å². The number of rotatable bonds is 7. The van der Waals surface area contributed by atoms with Gasteiger partial charge in [-0.3, -0.25) is 19.3 Å². The number of nitrogens with zero attached hydrogens (tertiary/aromatic N) is 1. The van der Waals surface area contributed by atoms with E-state index in [0.717, 1.165) is 25.9 Å². The summed E-state index contributed by atoms with van der Waals surface area (Å²) in [6.07, 6.45) is 1.82. The largest absolute Gasteiger partial charge is 0.368 e. The van der Waals surface area contributed by atoms with Gasteiger partial charge in [-0.05, 0) is 43.1 Å². The Kier molecular flexibility index (Phi) is 6.97. The molecule has 1 atom stereocenters. The Morgan fingerprint density at radius 1 is 1.07 bits per heavy atom. The Morgan fingerprint density at radius 3 is 2.62 bits per heavy atom. The van der Waals surface area contributed by atoms with Crippen molar-refractivity contribution >= 4 is 23.4 Å². The van der Waals surface area contributed by atoms with Gasteiger partial charge in [-0.15, -0.1) is 0 Å². The van der Waals surface area contributed by atoms with Gasteiger partial charge in [-0.1, -0.05) is 36.4 Å². The van der Waals surface area contributed by atoms with E-state index >= 15 is 0 Å². The van der Waals surface area contributed by atoms with Crippen LogP contribution in [0.25, 0.3) is 0 Å². The average Bonchev–Trinajstić information content (AvgIpc) is 2.73. The summed E-state index contributed by atoms with van der Waals surface area (Å²) in [4.78, 5) is 37.9. The topological polar surface area (TPSA) is 105 Å². The Hall–Kier alpha value is -3.19. The van der Waals surface area contributed by atoms with Crippen molar-refractivity contribution < 1.29 is 14.4 Å². The second-order valence-electron chi connectivity index (χ2n) is 7.28. The van der Waals surface area contributed by atoms with Crippen LogP contribution in [0.4, 0.5) is 5.69 Å². The molecule has 1 aliphatic rings. The van der Waals surface area contributed by atoms with Crippen molar-refractivity contribution in [1.82, 2.24) is 10.2 Å². The first-order chi connectivity index (χ1) is 14.0. The molecule has 7 heteroatoms. The summed E-state index contributed by atoms with van der Waals surface area (Å²) in [6.45, 7) is 2.29. The highest BCUT2D eigenvalue weighted by atomic mass is 16.2. The predicted molar refractivity (Wildman–Crippen MR) is 111 cm³/mol. The zero-order valence-corrected chi connectivity index (χ0v) is 16.3. The third-order valence-corrected chi connectivity index (χ3v) is 4.94. The van der Waals surface area contributed by atoms with Gasteiger partial charge in [0.25, 0.3) is 5.91 Å². The van der Waals surface area contributed by atoms with E-state index in [2.05, 4.69) is 27.7 Å². The number of primary amides is 1. The highest BCUT2D eigenvalue weighted by Crippen LogP contribution is 2.21. The fourth-order valence-corrected chi connectivity index (χ4v) is 3.51. The van der Waals surface area contributed by atoms with E-state index in [9.17, 15) is 14.4 Å². The molecule has 3 amide bonds. The smallest absolute Gasteiger partial charge is 0.251 e. The Labute approximate surface area is 170 Å². The molecule has 152 valence electrons. The van der Waals surface area contributed by atoms with Crippen LogP contribution in [-0.2, 0) is 16.1 Å². The molecule has 0 spiro atoms. The first kappa shape index (κ1) is 20.5. The molecule has 0 aliphatic carbocycles. The van der Waals surface area contributed by atoms with Crippen molar-refractivity contribution in [2.75, 3.05) is 25.0 Å². The second kappa shape index (κ2) is 9.84. The molecule has 1 unspecified atom stereocenters. The summed E-state index contributed by atoms with van der Waals surface area (Å²) in [5.74, 6) is -1.16. The predicted octanol–water partition coefficient (Wildman–Crippen LogP) is 1.75. The number of amides is 3. The number of benzene rings is 2. The van der Waals surface area contributed by atoms with E-state index < -0.39 is 11.8 Å². The lowest BCUT2D eigenvalue weighted by atomic mass is 9.96. The molecular formula is C22H26N4O3. The zero-order chi connectivity index (χ0) is 20.6. The standard InChI is InChI=1S/C22H26N4O3/c23-20(27)13-24-21(28)17-8-4-10-19(12-17)25-22(29)18-9-5-11-26(15-18)14-16-6-2-1-3-7-16/h1-4,6-8,10,12,18H,5,9,11,13-15H2,(H2,23,27)(H,24,28)(H,25,29). The number of carbonyl (C=O) groups is 3. The van der Waals surface area contributed by atoms with Gasteiger partial charge in [-0.25, -0.2) is 0 Å². The van der Waals surface area contributed by atoms with Gasteiger partial charge in [0.15, 0.2) is 0 Å². The van der Waals surface area contributed by atoms with Crippen LogP contribution < -0.4 is 16.4 Å². The quantitative estimate of drug-likeness (QED) is 0.665. The third kappa shape index (κ3) is 6.15. The molecule has 7 nitrogen and oxygen atoms in total. The van der Waals surface area contributed by atoms with Gasteiger partial charge in [0, 0.05) is 24.3 Å². The number of nitrogens with two attached hydrogens (primary N) is 1. The van der Waals surface area contributed by atoms with Gasteiger partial charge in [-0.2, -0.15) is 0 Å². The maximum absolute atomic E-state index is 12.8. The summed E-state index contributed by atoms with van der Waals surface area (Å²) in [7, 11) is 0. The summed E-state index contributed by atoms with van der Waals surface area (Å²) >= 11 is 0. The molecule has 4 N–H and O–H groups in total. The van der Waals surface area contributed by atoms with E-state index in [1.54, 1.807) is 24.3 Å². The van der Waals surface area contributed by atoms with Crippen molar-refractivity contribution in [3.63, 3.8) is 0 Å². The Bertz CT molecular complexity index is 869. The van der Waals surface area contributed by atoms with Crippen molar-refractivity contribution in [3.8, 4) is 0 Å². The molecule has 0 aromatic heterocycles. The molecule has 0 radical (unpaired) electrons. The van der Waals surface area contributed by atoms with E-state index in [4.69, 9.17) is 5.73 Å². The van der Waals surface area contributed by atoms with Gasteiger partial charge in [0.05, 0.1) is 12.5 Å². The van der Waals surface area contributed by atoms with Crippen LogP contribution in [-0.4, -0.2) is 42.3 Å². The monoisotopic (exact) mass is 394 g/mol. The third-order valence-electron chi connectivity index (χ3n) is 4.94. The van der Waals surface area contributed by atoms with Crippen molar-refractivity contribution in [1.29, 1.82) is 0 Å². The van der Waals surface area contributed by atoms with Gasteiger partial charge < -0.3 is 16.4 Å². The molecule has 2 aromatic rings. The second-order valence-corrected chi connectivity index (χ2v) is 7.28. The van der Waals surface area contributed by atoms with Crippen LogP contribution in [0.5, 0.6) is 0 Å². The minimum atomic E-state index is -0.611. The number of nitrogens with one attached hydrogen (secondary N) is 2. The molecule has 2 aromatic carbocycles. The van der Waals surface area contributed by atoms with E-state index in [1.807, 2.05) is 18.2 Å². The van der Waals surface area contributed by atoms with E-state index in [-0.39, 0.29) is 18.4 Å². The molecule has 3 rings (SSSR count). The highest BCUT2D eigenvalue weighted by Gasteiger charge is 2.26. The van der Waals surface area contributed by atoms with Gasteiger partial charge >= 0.3 is 0 Å². The van der Waals surface area contributed by atoms with Crippen molar-refractivity contribution in [3.05, 3.63) is 65.7 Å². The van der Waals surface area contributed by atoms with Gasteiger partial charge in [0.2, 0.25) is 11.8 Å². The number of carbonyl (C=O) groups excluding carboxylic acids is 3. The van der Waals surface area contributed by atoms with Gasteiger partial charge in [0.1, 0.15) is 0 Å². The van der Waals surface area contributed by atoms with E-state index in [0.29, 0.717) is 17.8 Å². The van der Waals surface area contributed by atoms with Crippen molar-refractivity contribution in [2.24, 2.45) is 11.7 Å². The molecule has 1 saturated heterocycles. The molecule has 1 heterocycles. The molecule has 0 bridgehead atoms. The molecular weight excluding hydrogens is 368 g/mol. The van der Waals surface area contributed by atoms with Crippen LogP contribution in [0.3, 0.4) is 0 Å². The number of piperidine rings is 1. The molecule has 1 fully saturated rings. The number of hydrogen-bond donors (Lipinski definition) is 3. The minimum absolute atomic E-state index is 0.0440. The zero-order valence-electron chi connectivity index (χ0n) is 16.3. The van der Waals surface area contributed by atoms with Crippen molar-refractivity contribution in [2.45, 2.75) is 19.4 Å². The summed E-state index contributed by atoms with van der Waals surface area (Å²) < 4.78 is 0. The lowest BCUT2D eigenvalue weighted by Gasteiger charge is -2.32. The van der Waals surface area contributed by atoms with Crippen LogP contribution in [0, 0.1) is 5.92 Å². The lowest BCUT2D eigenvalue weighted by Crippen LogP contribution is -2.40. The van der Waals surface area contributed by atoms with Crippen LogP contribution >= 0.6 is 0 Å². The SMILES string of the molecule is NC(=O)CNC(=O)c1cccc(NC(=O)C2CCCN(Cc3ccccc3)C2)c1. The van der Waals surface area contributed by atoms with Crippen LogP contribution in [0.2, 0.25) is 0 Å². The Balaban J connectivity index is 1.57. The lowest BCUT2D eigenvalue weighted by molar-refractivity contribution is -0.121. The normalized spacial score (nSPS) is 16.8. The van der Waals surface area contributed by atoms with Crippen LogP contribution in [0.1, 0.15) is 28.8 Å². The molecule has 0 saturated carbocycles. The maximum atomic E-state index is 12.8. The number of hydrogen-bond acceptors (Lipinski definition) is 4. The number of likely N-dealkylation sites (tertiary alicyclic amines) is 1. The first-order valence-corrected chi connectivity index (χ1v) is 9.75. The molecule has 29 heavy (non-hydrogen) atoms. The maximum Gasteiger partial charge on any atom is 0.251 e. The summed E-state index contributed by atoms with van der Waals surface area (Å²) in [5.41, 5.74) is 7.20. The summed E-state index contributed by atoms with van der Waals surface area (Å²) in [5, 5.41) is 5.36. The Morgan fingerprint density at radius 2 is 1.86 bits per heavy atom. The number of anilines is 1. The first-order valence-electron chi connectivity index (χ1n) is 9.75. The average molecular weight is 394 g/mol. The highest BCUT2D eigenvalue weighted by molar-refractivity contribution is 5.98.